The number of rotatable bonds is 7. The third kappa shape index (κ3) is 6.04. The van der Waals surface area contributed by atoms with Gasteiger partial charge in [-0.25, -0.2) is 0 Å². The van der Waals surface area contributed by atoms with Crippen molar-refractivity contribution in [2.75, 3.05) is 4.90 Å². The Morgan fingerprint density at radius 1 is 0.274 bits per heavy atom. The van der Waals surface area contributed by atoms with E-state index in [1.165, 1.54) is 49.2 Å². The molecular formula is C60H39NO. The second kappa shape index (κ2) is 14.8. The molecule has 290 valence electrons. The van der Waals surface area contributed by atoms with Crippen LogP contribution in [0.3, 0.4) is 0 Å². The van der Waals surface area contributed by atoms with Gasteiger partial charge < -0.3 is 9.32 Å². The second-order valence-electron chi connectivity index (χ2n) is 16.0. The molecule has 12 aromatic rings. The molecule has 0 unspecified atom stereocenters. The summed E-state index contributed by atoms with van der Waals surface area (Å²) in [5, 5.41) is 9.56. The van der Waals surface area contributed by atoms with E-state index in [0.29, 0.717) is 0 Å². The van der Waals surface area contributed by atoms with Crippen molar-refractivity contribution in [2.45, 2.75) is 0 Å². The summed E-state index contributed by atoms with van der Waals surface area (Å²) < 4.78 is 6.56. The first-order valence-corrected chi connectivity index (χ1v) is 21.2. The van der Waals surface area contributed by atoms with Crippen LogP contribution in [0, 0.1) is 0 Å². The minimum atomic E-state index is 0.885. The largest absolute Gasteiger partial charge is 0.455 e. The lowest BCUT2D eigenvalue weighted by molar-refractivity contribution is 0.672. The molecule has 1 aromatic heterocycles. The number of fused-ring (bicyclic) bond motifs is 8. The van der Waals surface area contributed by atoms with E-state index in [1.54, 1.807) is 0 Å². The van der Waals surface area contributed by atoms with Crippen LogP contribution in [-0.2, 0) is 0 Å². The minimum absolute atomic E-state index is 0.885. The topological polar surface area (TPSA) is 16.4 Å². The van der Waals surface area contributed by atoms with Crippen molar-refractivity contribution in [3.63, 3.8) is 0 Å². The Morgan fingerprint density at radius 2 is 0.806 bits per heavy atom. The Labute approximate surface area is 360 Å². The molecule has 0 spiro atoms. The monoisotopic (exact) mass is 789 g/mol. The first-order chi connectivity index (χ1) is 30.7. The van der Waals surface area contributed by atoms with Crippen molar-refractivity contribution >= 4 is 71.3 Å². The average Bonchev–Trinajstić information content (AvgIpc) is 3.73. The van der Waals surface area contributed by atoms with Crippen molar-refractivity contribution in [3.8, 4) is 44.5 Å². The maximum Gasteiger partial charge on any atom is 0.143 e. The smallest absolute Gasteiger partial charge is 0.143 e. The summed E-state index contributed by atoms with van der Waals surface area (Å²) in [6.45, 7) is 0. The lowest BCUT2D eigenvalue weighted by Gasteiger charge is -2.30. The molecule has 12 rings (SSSR count). The molecule has 62 heavy (non-hydrogen) atoms. The van der Waals surface area contributed by atoms with Crippen LogP contribution in [0.2, 0.25) is 0 Å². The summed E-state index contributed by atoms with van der Waals surface area (Å²) in [5.41, 5.74) is 14.4. The van der Waals surface area contributed by atoms with Crippen molar-refractivity contribution < 1.29 is 4.42 Å². The Bertz CT molecular complexity index is 3620. The van der Waals surface area contributed by atoms with E-state index in [1.807, 2.05) is 0 Å². The van der Waals surface area contributed by atoms with E-state index in [4.69, 9.17) is 4.42 Å². The molecule has 0 saturated carbocycles. The highest BCUT2D eigenvalue weighted by Crippen LogP contribution is 2.47. The predicted molar refractivity (Wildman–Crippen MR) is 263 cm³/mol. The first kappa shape index (κ1) is 35.7. The Kier molecular flexibility index (Phi) is 8.53. The fourth-order valence-electron chi connectivity index (χ4n) is 9.46. The highest BCUT2D eigenvalue weighted by molar-refractivity contribution is 6.16. The molecule has 0 aliphatic rings. The van der Waals surface area contributed by atoms with Gasteiger partial charge in [0, 0.05) is 33.0 Å². The predicted octanol–water partition coefficient (Wildman–Crippen LogP) is 17.2. The number of anilines is 3. The van der Waals surface area contributed by atoms with E-state index in [0.717, 1.165) is 66.6 Å². The van der Waals surface area contributed by atoms with Crippen LogP contribution < -0.4 is 4.90 Å². The Morgan fingerprint density at radius 3 is 1.56 bits per heavy atom. The summed E-state index contributed by atoms with van der Waals surface area (Å²) in [5.74, 6) is 0. The number of para-hydroxylation sites is 2. The molecule has 0 saturated heterocycles. The van der Waals surface area contributed by atoms with Gasteiger partial charge in [-0.05, 0) is 109 Å². The first-order valence-electron chi connectivity index (χ1n) is 21.2. The Balaban J connectivity index is 1.03. The van der Waals surface area contributed by atoms with Gasteiger partial charge in [-0.3, -0.25) is 0 Å². The summed E-state index contributed by atoms with van der Waals surface area (Å²) in [7, 11) is 0. The summed E-state index contributed by atoms with van der Waals surface area (Å²) >= 11 is 0. The van der Waals surface area contributed by atoms with Crippen LogP contribution >= 0.6 is 0 Å². The molecule has 0 amide bonds. The van der Waals surface area contributed by atoms with Crippen LogP contribution in [0.25, 0.3) is 98.8 Å². The van der Waals surface area contributed by atoms with E-state index in [9.17, 15) is 0 Å². The number of benzene rings is 11. The van der Waals surface area contributed by atoms with Crippen LogP contribution in [0.15, 0.2) is 241 Å². The van der Waals surface area contributed by atoms with E-state index < -0.39 is 0 Å². The van der Waals surface area contributed by atoms with Crippen molar-refractivity contribution in [1.82, 2.24) is 0 Å². The average molecular weight is 790 g/mol. The molecule has 11 aromatic carbocycles. The van der Waals surface area contributed by atoms with Gasteiger partial charge in [-0.2, -0.15) is 0 Å². The fourth-order valence-corrected chi connectivity index (χ4v) is 9.46. The quantitative estimate of drug-likeness (QED) is 0.150. The van der Waals surface area contributed by atoms with Gasteiger partial charge in [0.15, 0.2) is 0 Å². The molecule has 0 fully saturated rings. The van der Waals surface area contributed by atoms with Gasteiger partial charge in [0.1, 0.15) is 11.2 Å². The summed E-state index contributed by atoms with van der Waals surface area (Å²) in [6, 6.07) is 85.5. The highest BCUT2D eigenvalue weighted by Gasteiger charge is 2.22. The van der Waals surface area contributed by atoms with Crippen molar-refractivity contribution in [1.29, 1.82) is 0 Å². The highest BCUT2D eigenvalue weighted by atomic mass is 16.3. The molecule has 2 heteroatoms. The maximum atomic E-state index is 6.56. The van der Waals surface area contributed by atoms with Crippen LogP contribution in [0.4, 0.5) is 17.1 Å². The summed E-state index contributed by atoms with van der Waals surface area (Å²) in [4.78, 5) is 2.43. The molecular weight excluding hydrogens is 751 g/mol. The van der Waals surface area contributed by atoms with E-state index >= 15 is 0 Å². The molecule has 1 heterocycles. The number of furan rings is 1. The molecule has 2 nitrogen and oxygen atoms in total. The molecule has 0 bridgehead atoms. The van der Waals surface area contributed by atoms with E-state index in [-0.39, 0.29) is 0 Å². The third-order valence-electron chi connectivity index (χ3n) is 12.5. The maximum absolute atomic E-state index is 6.56. The van der Waals surface area contributed by atoms with Gasteiger partial charge in [-0.15, -0.1) is 0 Å². The number of hydrogen-bond donors (Lipinski definition) is 0. The zero-order valence-electron chi connectivity index (χ0n) is 33.9. The SMILES string of the molecule is c1ccc(-c2ccc(-c3ccccc3N(c3ccc(-c4cc5ccccc5c5ccccc45)cc3)c3ccccc3-c3ccc4oc5c6ccccc6ccc5c4c3)cc2)cc1. The molecule has 0 N–H and O–H groups in total. The summed E-state index contributed by atoms with van der Waals surface area (Å²) in [6.07, 6.45) is 0. The fraction of sp³-hybridized carbons (Fsp3) is 0. The Hall–Kier alpha value is -8.20. The van der Waals surface area contributed by atoms with E-state index in [2.05, 4.69) is 241 Å². The van der Waals surface area contributed by atoms with Gasteiger partial charge in [0.25, 0.3) is 0 Å². The van der Waals surface area contributed by atoms with Crippen LogP contribution in [0.1, 0.15) is 0 Å². The zero-order chi connectivity index (χ0) is 41.0. The number of nitrogens with zero attached hydrogens (tertiary/aromatic N) is 1. The van der Waals surface area contributed by atoms with Gasteiger partial charge in [0.05, 0.1) is 11.4 Å². The molecule has 0 radical (unpaired) electrons. The normalized spacial score (nSPS) is 11.5. The van der Waals surface area contributed by atoms with Crippen LogP contribution in [0.5, 0.6) is 0 Å². The van der Waals surface area contributed by atoms with Crippen molar-refractivity contribution in [2.24, 2.45) is 0 Å². The molecule has 0 atom stereocenters. The molecule has 0 aliphatic carbocycles. The third-order valence-corrected chi connectivity index (χ3v) is 12.5. The lowest BCUT2D eigenvalue weighted by Crippen LogP contribution is -2.12. The standard InChI is InChI=1S/C60H39NO/c1-2-14-40(15-3-1)41-26-28-43(29-27-41)49-19-10-12-24-57(49)61(47-34-30-44(31-35-47)55-38-45-17-5-6-18-48(45)52-22-8-9-23-53(52)55)58-25-13-11-20-50(58)46-33-37-59-56(39-46)54-36-32-42-16-4-7-21-51(42)60(54)62-59/h1-39H. The second-order valence-corrected chi connectivity index (χ2v) is 16.0. The zero-order valence-corrected chi connectivity index (χ0v) is 33.9. The van der Waals surface area contributed by atoms with Gasteiger partial charge >= 0.3 is 0 Å². The molecule has 0 aliphatic heterocycles. The van der Waals surface area contributed by atoms with Gasteiger partial charge in [-0.1, -0.05) is 188 Å². The van der Waals surface area contributed by atoms with Crippen molar-refractivity contribution in [3.05, 3.63) is 237 Å². The van der Waals surface area contributed by atoms with Crippen LogP contribution in [-0.4, -0.2) is 0 Å². The lowest BCUT2D eigenvalue weighted by atomic mass is 9.93. The van der Waals surface area contributed by atoms with Gasteiger partial charge in [0.2, 0.25) is 0 Å². The minimum Gasteiger partial charge on any atom is -0.455 e. The number of hydrogen-bond acceptors (Lipinski definition) is 2.